The van der Waals surface area contributed by atoms with E-state index in [1.54, 1.807) is 0 Å². The molecule has 0 saturated carbocycles. The molecule has 2 heterocycles. The normalized spacial score (nSPS) is 10.5. The number of hydrogen-bond acceptors (Lipinski definition) is 6. The maximum absolute atomic E-state index is 9.08. The molecule has 55 valence electrons. The number of aromatic nitrogens is 3. The van der Waals surface area contributed by atoms with E-state index in [0.717, 1.165) is 11.3 Å². The van der Waals surface area contributed by atoms with Crippen molar-refractivity contribution in [2.45, 2.75) is 0 Å². The van der Waals surface area contributed by atoms with E-state index in [1.807, 2.05) is 0 Å². The van der Waals surface area contributed by atoms with Crippen LogP contribution in [0.2, 0.25) is 0 Å². The Morgan fingerprint density at radius 1 is 1.27 bits per heavy atom. The van der Waals surface area contributed by atoms with Gasteiger partial charge < -0.3 is 10.2 Å². The van der Waals surface area contributed by atoms with Crippen molar-refractivity contribution in [2.24, 2.45) is 0 Å². The van der Waals surface area contributed by atoms with Gasteiger partial charge in [0.2, 0.25) is 5.88 Å². The Labute approximate surface area is 65.0 Å². The summed E-state index contributed by atoms with van der Waals surface area (Å²) in [6, 6.07) is -0.477. The average molecular weight is 168 g/mol. The standard InChI is InChI=1S/C5H2N3O2S/c9-4-2-3(6-1-11-2)7-5(10)8-4/h(H2,7,8,9,10). The number of thiazole rings is 1. The topological polar surface area (TPSA) is 79.1 Å². The van der Waals surface area contributed by atoms with Gasteiger partial charge in [-0.3, -0.25) is 0 Å². The zero-order chi connectivity index (χ0) is 7.84. The summed E-state index contributed by atoms with van der Waals surface area (Å²) in [4.78, 5) is 10.5. The molecule has 2 aromatic rings. The fourth-order valence-electron chi connectivity index (χ4n) is 0.695. The second kappa shape index (κ2) is 2.03. The lowest BCUT2D eigenvalue weighted by Gasteiger charge is -1.91. The van der Waals surface area contributed by atoms with Gasteiger partial charge in [-0.25, -0.2) is 4.98 Å². The van der Waals surface area contributed by atoms with Crippen molar-refractivity contribution >= 4 is 21.7 Å². The molecule has 0 unspecified atom stereocenters. The van der Waals surface area contributed by atoms with Crippen molar-refractivity contribution in [3.05, 3.63) is 5.51 Å². The summed E-state index contributed by atoms with van der Waals surface area (Å²) in [5.74, 6) is -0.258. The molecule has 0 aliphatic heterocycles. The molecule has 2 aromatic heterocycles. The first-order valence-corrected chi connectivity index (χ1v) is 3.51. The van der Waals surface area contributed by atoms with Crippen LogP contribution in [0.15, 0.2) is 0 Å². The molecule has 11 heavy (non-hydrogen) atoms. The smallest absolute Gasteiger partial charge is 0.319 e. The van der Waals surface area contributed by atoms with Crippen LogP contribution in [0.4, 0.5) is 0 Å². The highest BCUT2D eigenvalue weighted by atomic mass is 32.1. The van der Waals surface area contributed by atoms with Crippen molar-refractivity contribution in [1.29, 1.82) is 0 Å². The first kappa shape index (κ1) is 6.29. The third-order valence-electron chi connectivity index (χ3n) is 1.12. The largest absolute Gasteiger partial charge is 0.492 e. The lowest BCUT2D eigenvalue weighted by Crippen LogP contribution is -1.81. The van der Waals surface area contributed by atoms with Crippen LogP contribution in [0.1, 0.15) is 0 Å². The van der Waals surface area contributed by atoms with Gasteiger partial charge >= 0.3 is 6.01 Å². The first-order valence-electron chi connectivity index (χ1n) is 2.70. The van der Waals surface area contributed by atoms with E-state index < -0.39 is 6.01 Å². The van der Waals surface area contributed by atoms with Crippen LogP contribution in [-0.2, 0) is 0 Å². The summed E-state index contributed by atoms with van der Waals surface area (Å²) in [7, 11) is 0. The zero-order valence-electron chi connectivity index (χ0n) is 5.14. The Balaban J connectivity index is 2.91. The van der Waals surface area contributed by atoms with Crippen LogP contribution in [0.5, 0.6) is 11.9 Å². The van der Waals surface area contributed by atoms with Crippen LogP contribution in [-0.4, -0.2) is 25.2 Å². The molecule has 0 spiro atoms. The average Bonchev–Trinajstić information content (AvgIpc) is 2.34. The van der Waals surface area contributed by atoms with Crippen LogP contribution < -0.4 is 0 Å². The number of fused-ring (bicyclic) bond motifs is 1. The molecule has 2 N–H and O–H groups in total. The van der Waals surface area contributed by atoms with Crippen molar-refractivity contribution in [3.63, 3.8) is 0 Å². The Morgan fingerprint density at radius 3 is 2.91 bits per heavy atom. The van der Waals surface area contributed by atoms with Gasteiger partial charge in [-0.2, -0.15) is 9.97 Å². The highest BCUT2D eigenvalue weighted by Gasteiger charge is 2.07. The molecule has 0 saturated heterocycles. The second-order valence-electron chi connectivity index (χ2n) is 1.81. The minimum Gasteiger partial charge on any atom is -0.492 e. The van der Waals surface area contributed by atoms with Gasteiger partial charge in [0.15, 0.2) is 11.2 Å². The Kier molecular flexibility index (Phi) is 1.16. The minimum absolute atomic E-state index is 0.258. The van der Waals surface area contributed by atoms with Crippen molar-refractivity contribution in [2.75, 3.05) is 0 Å². The predicted octanol–water partition coefficient (Wildman–Crippen LogP) is 0.298. The van der Waals surface area contributed by atoms with E-state index >= 15 is 0 Å². The fourth-order valence-corrected chi connectivity index (χ4v) is 1.24. The molecule has 0 fully saturated rings. The molecule has 0 aromatic carbocycles. The van der Waals surface area contributed by atoms with E-state index in [0.29, 0.717) is 4.70 Å². The maximum Gasteiger partial charge on any atom is 0.319 e. The van der Waals surface area contributed by atoms with Gasteiger partial charge in [-0.15, -0.1) is 11.3 Å². The third-order valence-corrected chi connectivity index (χ3v) is 1.87. The predicted molar refractivity (Wildman–Crippen MR) is 37.4 cm³/mol. The van der Waals surface area contributed by atoms with E-state index in [2.05, 4.69) is 20.5 Å². The van der Waals surface area contributed by atoms with Gasteiger partial charge in [0.05, 0.1) is 0 Å². The Bertz CT molecular complexity index is 400. The fraction of sp³-hybridized carbons (Fsp3) is 0. The SMILES string of the molecule is Oc1nc(O)c2s[c]nc2n1. The van der Waals surface area contributed by atoms with Gasteiger partial charge in [0.1, 0.15) is 4.70 Å². The van der Waals surface area contributed by atoms with E-state index in [4.69, 9.17) is 10.2 Å². The summed E-state index contributed by atoms with van der Waals surface area (Å²) in [6.07, 6.45) is 0. The quantitative estimate of drug-likeness (QED) is 0.591. The summed E-state index contributed by atoms with van der Waals surface area (Å²) in [5, 5.41) is 17.9. The Hall–Kier alpha value is -1.43. The molecule has 5 nitrogen and oxygen atoms in total. The summed E-state index contributed by atoms with van der Waals surface area (Å²) in [5.41, 5.74) is 2.79. The zero-order valence-corrected chi connectivity index (χ0v) is 5.96. The molecule has 1 radical (unpaired) electrons. The Morgan fingerprint density at radius 2 is 2.09 bits per heavy atom. The number of hydrogen-bond donors (Lipinski definition) is 2. The van der Waals surface area contributed by atoms with Crippen LogP contribution >= 0.6 is 11.3 Å². The van der Waals surface area contributed by atoms with Crippen LogP contribution in [0.25, 0.3) is 10.3 Å². The van der Waals surface area contributed by atoms with E-state index in [-0.39, 0.29) is 11.5 Å². The summed E-state index contributed by atoms with van der Waals surface area (Å²) >= 11 is 1.10. The van der Waals surface area contributed by atoms with Crippen LogP contribution in [0.3, 0.4) is 0 Å². The van der Waals surface area contributed by atoms with Crippen molar-refractivity contribution in [1.82, 2.24) is 15.0 Å². The molecule has 0 amide bonds. The molecule has 2 rings (SSSR count). The molecule has 0 aliphatic carbocycles. The number of rotatable bonds is 0. The molecule has 6 heteroatoms. The number of nitrogens with zero attached hydrogens (tertiary/aromatic N) is 3. The van der Waals surface area contributed by atoms with Gasteiger partial charge in [-0.05, 0) is 0 Å². The first-order chi connectivity index (χ1) is 5.27. The monoisotopic (exact) mass is 168 g/mol. The van der Waals surface area contributed by atoms with E-state index in [1.165, 1.54) is 0 Å². The minimum atomic E-state index is -0.477. The molecular formula is C5H2N3O2S. The van der Waals surface area contributed by atoms with Crippen molar-refractivity contribution < 1.29 is 10.2 Å². The van der Waals surface area contributed by atoms with Crippen molar-refractivity contribution in [3.8, 4) is 11.9 Å². The molecule has 0 atom stereocenters. The van der Waals surface area contributed by atoms with E-state index in [9.17, 15) is 0 Å². The maximum atomic E-state index is 9.08. The molecule has 0 aliphatic rings. The van der Waals surface area contributed by atoms with Gasteiger partial charge in [0.25, 0.3) is 0 Å². The van der Waals surface area contributed by atoms with Crippen LogP contribution in [0, 0.1) is 5.51 Å². The highest BCUT2D eigenvalue weighted by Crippen LogP contribution is 2.25. The van der Waals surface area contributed by atoms with Gasteiger partial charge in [0, 0.05) is 0 Å². The summed E-state index contributed by atoms with van der Waals surface area (Å²) < 4.78 is 0.433. The van der Waals surface area contributed by atoms with Gasteiger partial charge in [-0.1, -0.05) is 0 Å². The molecule has 0 bridgehead atoms. The number of aromatic hydroxyl groups is 2. The lowest BCUT2D eigenvalue weighted by molar-refractivity contribution is 0.403. The summed E-state index contributed by atoms with van der Waals surface area (Å²) in [6.45, 7) is 0. The lowest BCUT2D eigenvalue weighted by atomic mass is 10.6. The molecular weight excluding hydrogens is 166 g/mol. The second-order valence-corrected chi connectivity index (χ2v) is 2.60. The third kappa shape index (κ3) is 0.874. The highest BCUT2D eigenvalue weighted by molar-refractivity contribution is 7.16.